The van der Waals surface area contributed by atoms with Gasteiger partial charge in [-0.25, -0.2) is 9.97 Å². The van der Waals surface area contributed by atoms with E-state index in [1.165, 1.54) is 25.7 Å². The zero-order valence-corrected chi connectivity index (χ0v) is 12.8. The van der Waals surface area contributed by atoms with Gasteiger partial charge in [0, 0.05) is 6.54 Å². The predicted molar refractivity (Wildman–Crippen MR) is 82.3 cm³/mol. The van der Waals surface area contributed by atoms with Crippen LogP contribution >= 0.6 is 0 Å². The van der Waals surface area contributed by atoms with E-state index in [-0.39, 0.29) is 0 Å². The van der Waals surface area contributed by atoms with Gasteiger partial charge in [-0.3, -0.25) is 0 Å². The highest BCUT2D eigenvalue weighted by Gasteiger charge is 2.17. The van der Waals surface area contributed by atoms with E-state index in [9.17, 15) is 0 Å². The fourth-order valence-electron chi connectivity index (χ4n) is 2.73. The average molecular weight is 277 g/mol. The summed E-state index contributed by atoms with van der Waals surface area (Å²) in [6.07, 6.45) is 11.5. The van der Waals surface area contributed by atoms with Gasteiger partial charge < -0.3 is 10.1 Å². The second-order valence-corrected chi connectivity index (χ2v) is 5.52. The summed E-state index contributed by atoms with van der Waals surface area (Å²) in [4.78, 5) is 8.73. The van der Waals surface area contributed by atoms with Crippen LogP contribution in [-0.2, 0) is 6.42 Å². The van der Waals surface area contributed by atoms with E-state index in [0.717, 1.165) is 49.5 Å². The van der Waals surface area contributed by atoms with Gasteiger partial charge >= 0.3 is 0 Å². The minimum Gasteiger partial charge on any atom is -0.474 e. The molecule has 112 valence electrons. The first kappa shape index (κ1) is 15.1. The number of nitrogens with one attached hydrogen (secondary N) is 1. The highest BCUT2D eigenvalue weighted by Crippen LogP contribution is 2.27. The molecular formula is C16H27N3O. The van der Waals surface area contributed by atoms with Crippen LogP contribution in [0.25, 0.3) is 0 Å². The summed E-state index contributed by atoms with van der Waals surface area (Å²) in [5, 5.41) is 3.37. The Labute approximate surface area is 122 Å². The summed E-state index contributed by atoms with van der Waals surface area (Å²) < 4.78 is 6.19. The molecule has 4 nitrogen and oxygen atoms in total. The van der Waals surface area contributed by atoms with E-state index < -0.39 is 0 Å². The Hall–Kier alpha value is -1.32. The molecule has 4 heteroatoms. The molecule has 1 aliphatic rings. The van der Waals surface area contributed by atoms with Crippen LogP contribution in [0.3, 0.4) is 0 Å². The van der Waals surface area contributed by atoms with E-state index in [2.05, 4.69) is 29.1 Å². The van der Waals surface area contributed by atoms with Crippen molar-refractivity contribution in [2.45, 2.75) is 71.3 Å². The Morgan fingerprint density at radius 3 is 2.55 bits per heavy atom. The Bertz CT molecular complexity index is 401. The molecule has 0 radical (unpaired) electrons. The molecule has 1 aliphatic carbocycles. The topological polar surface area (TPSA) is 47.0 Å². The lowest BCUT2D eigenvalue weighted by atomic mass is 10.1. The molecule has 0 aliphatic heterocycles. The Morgan fingerprint density at radius 1 is 1.15 bits per heavy atom. The van der Waals surface area contributed by atoms with E-state index >= 15 is 0 Å². The molecule has 1 aromatic rings. The average Bonchev–Trinajstić information content (AvgIpc) is 2.74. The summed E-state index contributed by atoms with van der Waals surface area (Å²) in [5.41, 5.74) is 1.12. The van der Waals surface area contributed by atoms with Crippen LogP contribution in [0.4, 0.5) is 5.82 Å². The first-order chi connectivity index (χ1) is 9.85. The Balaban J connectivity index is 2.09. The van der Waals surface area contributed by atoms with Crippen molar-refractivity contribution in [1.29, 1.82) is 0 Å². The lowest BCUT2D eigenvalue weighted by Crippen LogP contribution is -2.18. The van der Waals surface area contributed by atoms with Gasteiger partial charge in [0.2, 0.25) is 5.88 Å². The van der Waals surface area contributed by atoms with Crippen molar-refractivity contribution < 1.29 is 4.74 Å². The molecule has 0 atom stereocenters. The molecule has 1 N–H and O–H groups in total. The third-order valence-corrected chi connectivity index (χ3v) is 3.88. The molecule has 1 saturated carbocycles. The summed E-state index contributed by atoms with van der Waals surface area (Å²) in [7, 11) is 0. The lowest BCUT2D eigenvalue weighted by molar-refractivity contribution is 0.174. The number of anilines is 1. The molecule has 0 aromatic carbocycles. The number of ether oxygens (including phenoxy) is 1. The molecule has 20 heavy (non-hydrogen) atoms. The standard InChI is InChI=1S/C16H27N3O/c1-3-11-17-15-14(4-2)16(19-12-18-15)20-13-9-7-5-6-8-10-13/h12-13H,3-11H2,1-2H3,(H,17,18,19). The maximum Gasteiger partial charge on any atom is 0.222 e. The number of hydrogen-bond donors (Lipinski definition) is 1. The van der Waals surface area contributed by atoms with E-state index in [4.69, 9.17) is 4.74 Å². The number of nitrogens with zero attached hydrogens (tertiary/aromatic N) is 2. The van der Waals surface area contributed by atoms with Gasteiger partial charge in [-0.05, 0) is 38.5 Å². The SMILES string of the molecule is CCCNc1ncnc(OC2CCCCCC2)c1CC. The summed E-state index contributed by atoms with van der Waals surface area (Å²) >= 11 is 0. The maximum absolute atomic E-state index is 6.19. The van der Waals surface area contributed by atoms with Crippen molar-refractivity contribution in [2.24, 2.45) is 0 Å². The van der Waals surface area contributed by atoms with Crippen LogP contribution in [0.2, 0.25) is 0 Å². The molecule has 1 heterocycles. The van der Waals surface area contributed by atoms with E-state index in [1.807, 2.05) is 0 Å². The first-order valence-corrected chi connectivity index (χ1v) is 8.09. The number of aromatic nitrogens is 2. The van der Waals surface area contributed by atoms with Crippen LogP contribution in [0.1, 0.15) is 64.4 Å². The van der Waals surface area contributed by atoms with Gasteiger partial charge in [0.15, 0.2) is 0 Å². The van der Waals surface area contributed by atoms with Crippen LogP contribution in [0, 0.1) is 0 Å². The Kier molecular flexibility index (Phi) is 6.09. The van der Waals surface area contributed by atoms with Crippen molar-refractivity contribution >= 4 is 5.82 Å². The van der Waals surface area contributed by atoms with Crippen molar-refractivity contribution in [1.82, 2.24) is 9.97 Å². The van der Waals surface area contributed by atoms with Gasteiger partial charge in [0.25, 0.3) is 0 Å². The molecule has 0 unspecified atom stereocenters. The van der Waals surface area contributed by atoms with Crippen molar-refractivity contribution in [3.05, 3.63) is 11.9 Å². The van der Waals surface area contributed by atoms with Crippen molar-refractivity contribution in [3.63, 3.8) is 0 Å². The minimum absolute atomic E-state index is 0.330. The minimum atomic E-state index is 0.330. The third kappa shape index (κ3) is 4.09. The Morgan fingerprint density at radius 2 is 1.90 bits per heavy atom. The second-order valence-electron chi connectivity index (χ2n) is 5.52. The van der Waals surface area contributed by atoms with Gasteiger partial charge in [0.1, 0.15) is 18.2 Å². The van der Waals surface area contributed by atoms with Gasteiger partial charge in [-0.2, -0.15) is 0 Å². The number of hydrogen-bond acceptors (Lipinski definition) is 4. The van der Waals surface area contributed by atoms with Crippen molar-refractivity contribution in [2.75, 3.05) is 11.9 Å². The second kappa shape index (κ2) is 8.08. The van der Waals surface area contributed by atoms with Gasteiger partial charge in [0.05, 0.1) is 5.56 Å². The first-order valence-electron chi connectivity index (χ1n) is 8.09. The quantitative estimate of drug-likeness (QED) is 0.799. The highest BCUT2D eigenvalue weighted by molar-refractivity contribution is 5.48. The molecule has 1 fully saturated rings. The van der Waals surface area contributed by atoms with Crippen molar-refractivity contribution in [3.8, 4) is 5.88 Å². The number of rotatable bonds is 6. The smallest absolute Gasteiger partial charge is 0.222 e. The normalized spacial score (nSPS) is 16.7. The predicted octanol–water partition coefficient (Wildman–Crippen LogP) is 3.96. The molecule has 0 saturated heterocycles. The summed E-state index contributed by atoms with van der Waals surface area (Å²) in [6, 6.07) is 0. The van der Waals surface area contributed by atoms with E-state index in [1.54, 1.807) is 6.33 Å². The zero-order valence-electron chi connectivity index (χ0n) is 12.8. The molecular weight excluding hydrogens is 250 g/mol. The molecule has 0 bridgehead atoms. The highest BCUT2D eigenvalue weighted by atomic mass is 16.5. The fraction of sp³-hybridized carbons (Fsp3) is 0.750. The lowest BCUT2D eigenvalue weighted by Gasteiger charge is -2.19. The van der Waals surface area contributed by atoms with Gasteiger partial charge in [-0.15, -0.1) is 0 Å². The van der Waals surface area contributed by atoms with Crippen LogP contribution in [-0.4, -0.2) is 22.6 Å². The molecule has 1 aromatic heterocycles. The van der Waals surface area contributed by atoms with Gasteiger partial charge in [-0.1, -0.05) is 26.7 Å². The zero-order chi connectivity index (χ0) is 14.2. The van der Waals surface area contributed by atoms with E-state index in [0.29, 0.717) is 6.10 Å². The molecule has 2 rings (SSSR count). The van der Waals surface area contributed by atoms with Crippen LogP contribution < -0.4 is 10.1 Å². The largest absolute Gasteiger partial charge is 0.474 e. The summed E-state index contributed by atoms with van der Waals surface area (Å²) in [5.74, 6) is 1.72. The maximum atomic E-state index is 6.19. The van der Waals surface area contributed by atoms with Crippen LogP contribution in [0.5, 0.6) is 5.88 Å². The summed E-state index contributed by atoms with van der Waals surface area (Å²) in [6.45, 7) is 5.23. The monoisotopic (exact) mass is 277 g/mol. The molecule has 0 spiro atoms. The van der Waals surface area contributed by atoms with Crippen LogP contribution in [0.15, 0.2) is 6.33 Å². The fourth-order valence-corrected chi connectivity index (χ4v) is 2.73. The molecule has 0 amide bonds. The third-order valence-electron chi connectivity index (χ3n) is 3.88.